The molecule has 0 spiro atoms. The third-order valence-corrected chi connectivity index (χ3v) is 5.20. The summed E-state index contributed by atoms with van der Waals surface area (Å²) in [5.74, 6) is 1.22. The molecule has 2 aromatic heterocycles. The second-order valence-corrected chi connectivity index (χ2v) is 7.46. The molecule has 0 aliphatic carbocycles. The molecule has 130 valence electrons. The van der Waals surface area contributed by atoms with Crippen LogP contribution in [-0.4, -0.2) is 34.2 Å². The van der Waals surface area contributed by atoms with Crippen LogP contribution in [0.25, 0.3) is 0 Å². The third kappa shape index (κ3) is 3.77. The van der Waals surface area contributed by atoms with Crippen LogP contribution in [0, 0.1) is 6.92 Å². The molecule has 3 rings (SSSR count). The zero-order valence-electron chi connectivity index (χ0n) is 14.4. The number of aromatic nitrogens is 2. The second kappa shape index (κ2) is 7.34. The van der Waals surface area contributed by atoms with Crippen LogP contribution < -0.4 is 5.32 Å². The van der Waals surface area contributed by atoms with Crippen LogP contribution >= 0.6 is 11.3 Å². The first kappa shape index (κ1) is 17.0. The van der Waals surface area contributed by atoms with Crippen LogP contribution in [0.4, 0.5) is 4.79 Å². The molecule has 3 heterocycles. The van der Waals surface area contributed by atoms with Crippen molar-refractivity contribution < 1.29 is 9.32 Å². The van der Waals surface area contributed by atoms with Gasteiger partial charge in [-0.25, -0.2) is 9.78 Å². The molecule has 24 heavy (non-hydrogen) atoms. The van der Waals surface area contributed by atoms with Gasteiger partial charge in [-0.05, 0) is 25.7 Å². The fourth-order valence-electron chi connectivity index (χ4n) is 2.94. The van der Waals surface area contributed by atoms with Gasteiger partial charge in [0, 0.05) is 31.0 Å². The molecule has 0 radical (unpaired) electrons. The van der Waals surface area contributed by atoms with Gasteiger partial charge in [0.05, 0.1) is 16.7 Å². The van der Waals surface area contributed by atoms with Crippen molar-refractivity contribution in [2.75, 3.05) is 13.1 Å². The SMILES string of the molecule is Cc1cc([C@@H]2CCCN2C(=O)NCCc2nc(C(C)C)cs2)no1. The Morgan fingerprint density at radius 2 is 2.38 bits per heavy atom. The normalized spacial score (nSPS) is 17.7. The summed E-state index contributed by atoms with van der Waals surface area (Å²) in [7, 11) is 0. The fraction of sp³-hybridized carbons (Fsp3) is 0.588. The maximum atomic E-state index is 12.5. The van der Waals surface area contributed by atoms with Gasteiger partial charge in [-0.3, -0.25) is 0 Å². The lowest BCUT2D eigenvalue weighted by Crippen LogP contribution is -2.40. The first-order valence-corrected chi connectivity index (χ1v) is 9.34. The van der Waals surface area contributed by atoms with Crippen LogP contribution in [0.1, 0.15) is 60.8 Å². The van der Waals surface area contributed by atoms with E-state index in [2.05, 4.69) is 34.7 Å². The summed E-state index contributed by atoms with van der Waals surface area (Å²) >= 11 is 1.66. The molecule has 6 nitrogen and oxygen atoms in total. The lowest BCUT2D eigenvalue weighted by Gasteiger charge is -2.23. The molecule has 1 saturated heterocycles. The molecular weight excluding hydrogens is 324 g/mol. The van der Waals surface area contributed by atoms with Crippen molar-refractivity contribution in [1.29, 1.82) is 0 Å². The van der Waals surface area contributed by atoms with E-state index in [1.54, 1.807) is 11.3 Å². The van der Waals surface area contributed by atoms with E-state index in [0.717, 1.165) is 48.0 Å². The zero-order chi connectivity index (χ0) is 17.1. The Hall–Kier alpha value is -1.89. The predicted molar refractivity (Wildman–Crippen MR) is 93.2 cm³/mol. The third-order valence-electron chi connectivity index (χ3n) is 4.28. The van der Waals surface area contributed by atoms with Gasteiger partial charge in [0.1, 0.15) is 11.5 Å². The Balaban J connectivity index is 1.52. The Labute approximate surface area is 146 Å². The fourth-order valence-corrected chi connectivity index (χ4v) is 3.90. The Kier molecular flexibility index (Phi) is 5.18. The number of aryl methyl sites for hydroxylation is 1. The summed E-state index contributed by atoms with van der Waals surface area (Å²) < 4.78 is 5.15. The van der Waals surface area contributed by atoms with Crippen molar-refractivity contribution in [1.82, 2.24) is 20.4 Å². The molecule has 1 aliphatic heterocycles. The van der Waals surface area contributed by atoms with E-state index >= 15 is 0 Å². The number of amides is 2. The van der Waals surface area contributed by atoms with Crippen molar-refractivity contribution in [3.05, 3.63) is 33.6 Å². The van der Waals surface area contributed by atoms with Gasteiger partial charge >= 0.3 is 6.03 Å². The quantitative estimate of drug-likeness (QED) is 0.895. The monoisotopic (exact) mass is 348 g/mol. The molecule has 0 bridgehead atoms. The Morgan fingerprint density at radius 3 is 3.04 bits per heavy atom. The number of urea groups is 1. The number of carbonyl (C=O) groups is 1. The van der Waals surface area contributed by atoms with Crippen molar-refractivity contribution in [3.63, 3.8) is 0 Å². The summed E-state index contributed by atoms with van der Waals surface area (Å²) in [4.78, 5) is 18.9. The summed E-state index contributed by atoms with van der Waals surface area (Å²) in [5.41, 5.74) is 1.98. The molecule has 1 N–H and O–H groups in total. The molecular formula is C17H24N4O2S. The number of hydrogen-bond acceptors (Lipinski definition) is 5. The van der Waals surface area contributed by atoms with Crippen molar-refractivity contribution in [2.45, 2.75) is 52.0 Å². The molecule has 1 atom stereocenters. The lowest BCUT2D eigenvalue weighted by atomic mass is 10.1. The number of nitrogens with zero attached hydrogens (tertiary/aromatic N) is 3. The van der Waals surface area contributed by atoms with Gasteiger partial charge in [0.2, 0.25) is 0 Å². The predicted octanol–water partition coefficient (Wildman–Crippen LogP) is 3.65. The highest BCUT2D eigenvalue weighted by molar-refractivity contribution is 7.09. The average molecular weight is 348 g/mol. The summed E-state index contributed by atoms with van der Waals surface area (Å²) in [6.07, 6.45) is 2.70. The number of likely N-dealkylation sites (tertiary alicyclic amines) is 1. The number of thiazole rings is 1. The van der Waals surface area contributed by atoms with E-state index in [9.17, 15) is 4.79 Å². The highest BCUT2D eigenvalue weighted by atomic mass is 32.1. The molecule has 0 aromatic carbocycles. The average Bonchev–Trinajstić information content (AvgIpc) is 3.26. The van der Waals surface area contributed by atoms with Crippen LogP contribution in [-0.2, 0) is 6.42 Å². The maximum Gasteiger partial charge on any atom is 0.317 e. The Morgan fingerprint density at radius 1 is 1.54 bits per heavy atom. The smallest absolute Gasteiger partial charge is 0.317 e. The van der Waals surface area contributed by atoms with Gasteiger partial charge in [0.25, 0.3) is 0 Å². The van der Waals surface area contributed by atoms with E-state index in [0.29, 0.717) is 12.5 Å². The minimum Gasteiger partial charge on any atom is -0.361 e. The minimum absolute atomic E-state index is 0.0230. The molecule has 2 amide bonds. The van der Waals surface area contributed by atoms with Crippen LogP contribution in [0.5, 0.6) is 0 Å². The van der Waals surface area contributed by atoms with E-state index in [1.165, 1.54) is 0 Å². The molecule has 0 saturated carbocycles. The summed E-state index contributed by atoms with van der Waals surface area (Å²) in [6, 6.07) is 1.91. The highest BCUT2D eigenvalue weighted by Gasteiger charge is 2.31. The van der Waals surface area contributed by atoms with Crippen molar-refractivity contribution in [2.24, 2.45) is 0 Å². The topological polar surface area (TPSA) is 71.3 Å². The van der Waals surface area contributed by atoms with Crippen LogP contribution in [0.2, 0.25) is 0 Å². The van der Waals surface area contributed by atoms with Gasteiger partial charge in [0.15, 0.2) is 0 Å². The molecule has 1 fully saturated rings. The molecule has 7 heteroatoms. The Bertz CT molecular complexity index is 694. The number of carbonyl (C=O) groups excluding carboxylic acids is 1. The van der Waals surface area contributed by atoms with Gasteiger partial charge < -0.3 is 14.7 Å². The largest absolute Gasteiger partial charge is 0.361 e. The highest BCUT2D eigenvalue weighted by Crippen LogP contribution is 2.31. The standard InChI is InChI=1S/C17H24N4O2S/c1-11(2)14-10-24-16(19-14)6-7-18-17(22)21-8-4-5-15(21)13-9-12(3)23-20-13/h9-11,15H,4-8H2,1-3H3,(H,18,22)/t15-/m0/s1. The van der Waals surface area contributed by atoms with E-state index in [-0.39, 0.29) is 12.1 Å². The first-order chi connectivity index (χ1) is 11.5. The van der Waals surface area contributed by atoms with Crippen molar-refractivity contribution in [3.8, 4) is 0 Å². The van der Waals surface area contributed by atoms with E-state index in [4.69, 9.17) is 4.52 Å². The summed E-state index contributed by atoms with van der Waals surface area (Å²) in [6.45, 7) is 7.51. The number of hydrogen-bond donors (Lipinski definition) is 1. The second-order valence-electron chi connectivity index (χ2n) is 6.52. The lowest BCUT2D eigenvalue weighted by molar-refractivity contribution is 0.191. The molecule has 2 aromatic rings. The van der Waals surface area contributed by atoms with Gasteiger partial charge in [-0.1, -0.05) is 19.0 Å². The van der Waals surface area contributed by atoms with Crippen LogP contribution in [0.15, 0.2) is 16.0 Å². The molecule has 1 aliphatic rings. The minimum atomic E-state index is -0.0289. The number of rotatable bonds is 5. The van der Waals surface area contributed by atoms with Crippen molar-refractivity contribution >= 4 is 17.4 Å². The first-order valence-electron chi connectivity index (χ1n) is 8.46. The van der Waals surface area contributed by atoms with E-state index in [1.807, 2.05) is 17.9 Å². The van der Waals surface area contributed by atoms with Crippen LogP contribution in [0.3, 0.4) is 0 Å². The zero-order valence-corrected chi connectivity index (χ0v) is 15.2. The van der Waals surface area contributed by atoms with Gasteiger partial charge in [-0.15, -0.1) is 11.3 Å². The van der Waals surface area contributed by atoms with Gasteiger partial charge in [-0.2, -0.15) is 0 Å². The molecule has 0 unspecified atom stereocenters. The summed E-state index contributed by atoms with van der Waals surface area (Å²) in [5, 5.41) is 10.3. The maximum absolute atomic E-state index is 12.5. The number of nitrogens with one attached hydrogen (secondary N) is 1. The van der Waals surface area contributed by atoms with E-state index < -0.39 is 0 Å².